The van der Waals surface area contributed by atoms with Crippen LogP contribution in [0, 0.1) is 13.8 Å². The number of amides is 1. The van der Waals surface area contributed by atoms with Crippen LogP contribution in [0.2, 0.25) is 0 Å². The van der Waals surface area contributed by atoms with Crippen LogP contribution in [0.4, 0.5) is 0 Å². The first-order valence-electron chi connectivity index (χ1n) is 7.17. The molecule has 1 aromatic rings. The van der Waals surface area contributed by atoms with Crippen molar-refractivity contribution in [3.8, 4) is 0 Å². The number of piperidine rings is 1. The first-order chi connectivity index (χ1) is 9.79. The van der Waals surface area contributed by atoms with Gasteiger partial charge in [0, 0.05) is 31.3 Å². The maximum absolute atomic E-state index is 12.2. The molecule has 1 fully saturated rings. The van der Waals surface area contributed by atoms with Gasteiger partial charge in [-0.25, -0.2) is 8.42 Å². The SMILES string of the molecule is Cc1noc(C)c1CCC(=O)N1CCC(S(C)(=O)=O)CC1. The van der Waals surface area contributed by atoms with Gasteiger partial charge in [-0.3, -0.25) is 4.79 Å². The Balaban J connectivity index is 1.86. The molecule has 0 bridgehead atoms. The predicted octanol–water partition coefficient (Wildman–Crippen LogP) is 1.26. The fourth-order valence-electron chi connectivity index (χ4n) is 2.78. The highest BCUT2D eigenvalue weighted by atomic mass is 32.2. The zero-order chi connectivity index (χ0) is 15.6. The van der Waals surface area contributed by atoms with Crippen molar-refractivity contribution in [3.05, 3.63) is 17.0 Å². The smallest absolute Gasteiger partial charge is 0.222 e. The third kappa shape index (κ3) is 3.84. The number of aryl methyl sites for hydroxylation is 2. The summed E-state index contributed by atoms with van der Waals surface area (Å²) in [5, 5.41) is 3.58. The summed E-state index contributed by atoms with van der Waals surface area (Å²) in [6.45, 7) is 4.77. The molecule has 2 heterocycles. The molecule has 7 heteroatoms. The molecule has 0 atom stereocenters. The molecule has 1 amide bonds. The second-order valence-corrected chi connectivity index (χ2v) is 8.04. The lowest BCUT2D eigenvalue weighted by Gasteiger charge is -2.31. The molecule has 1 aliphatic heterocycles. The molecule has 0 aromatic carbocycles. The maximum atomic E-state index is 12.2. The number of rotatable bonds is 4. The summed E-state index contributed by atoms with van der Waals surface area (Å²) in [4.78, 5) is 14.0. The lowest BCUT2D eigenvalue weighted by atomic mass is 10.1. The van der Waals surface area contributed by atoms with Crippen LogP contribution >= 0.6 is 0 Å². The predicted molar refractivity (Wildman–Crippen MR) is 78.7 cm³/mol. The molecule has 6 nitrogen and oxygen atoms in total. The number of carbonyl (C=O) groups is 1. The first-order valence-corrected chi connectivity index (χ1v) is 9.13. The van der Waals surface area contributed by atoms with Gasteiger partial charge < -0.3 is 9.42 Å². The minimum absolute atomic E-state index is 0.0713. The van der Waals surface area contributed by atoms with Crippen LogP contribution in [0.15, 0.2) is 4.52 Å². The molecule has 1 aliphatic rings. The van der Waals surface area contributed by atoms with Crippen molar-refractivity contribution < 1.29 is 17.7 Å². The van der Waals surface area contributed by atoms with E-state index >= 15 is 0 Å². The molecule has 0 N–H and O–H groups in total. The Bertz CT molecular complexity index is 593. The number of hydrogen-bond acceptors (Lipinski definition) is 5. The monoisotopic (exact) mass is 314 g/mol. The van der Waals surface area contributed by atoms with E-state index in [1.54, 1.807) is 4.90 Å². The van der Waals surface area contributed by atoms with E-state index in [2.05, 4.69) is 5.16 Å². The zero-order valence-electron chi connectivity index (χ0n) is 12.8. The van der Waals surface area contributed by atoms with Gasteiger partial charge in [0.15, 0.2) is 0 Å². The number of carbonyl (C=O) groups excluding carboxylic acids is 1. The van der Waals surface area contributed by atoms with Crippen LogP contribution in [-0.2, 0) is 21.1 Å². The van der Waals surface area contributed by atoms with E-state index in [1.807, 2.05) is 13.8 Å². The highest BCUT2D eigenvalue weighted by Gasteiger charge is 2.28. The number of sulfone groups is 1. The molecule has 0 unspecified atom stereocenters. The zero-order valence-corrected chi connectivity index (χ0v) is 13.6. The van der Waals surface area contributed by atoms with Crippen molar-refractivity contribution in [3.63, 3.8) is 0 Å². The summed E-state index contributed by atoms with van der Waals surface area (Å²) in [5.41, 5.74) is 1.82. The average molecular weight is 314 g/mol. The minimum Gasteiger partial charge on any atom is -0.361 e. The number of likely N-dealkylation sites (tertiary alicyclic amines) is 1. The van der Waals surface area contributed by atoms with E-state index in [0.29, 0.717) is 38.8 Å². The van der Waals surface area contributed by atoms with Crippen LogP contribution < -0.4 is 0 Å². The lowest BCUT2D eigenvalue weighted by Crippen LogP contribution is -2.42. The van der Waals surface area contributed by atoms with Gasteiger partial charge in [0.1, 0.15) is 15.6 Å². The normalized spacial score (nSPS) is 17.2. The topological polar surface area (TPSA) is 80.5 Å². The molecule has 1 saturated heterocycles. The van der Waals surface area contributed by atoms with Crippen LogP contribution in [-0.4, -0.2) is 49.0 Å². The Hall–Kier alpha value is -1.37. The molecule has 0 spiro atoms. The van der Waals surface area contributed by atoms with E-state index in [1.165, 1.54) is 6.26 Å². The van der Waals surface area contributed by atoms with Crippen molar-refractivity contribution in [1.29, 1.82) is 0 Å². The van der Waals surface area contributed by atoms with Gasteiger partial charge in [0.2, 0.25) is 5.91 Å². The highest BCUT2D eigenvalue weighted by molar-refractivity contribution is 7.91. The van der Waals surface area contributed by atoms with E-state index in [9.17, 15) is 13.2 Å². The maximum Gasteiger partial charge on any atom is 0.222 e. The molecule has 0 radical (unpaired) electrons. The van der Waals surface area contributed by atoms with E-state index in [4.69, 9.17) is 4.52 Å². The Morgan fingerprint density at radius 1 is 1.33 bits per heavy atom. The minimum atomic E-state index is -2.99. The van der Waals surface area contributed by atoms with Crippen LogP contribution in [0.3, 0.4) is 0 Å². The molecule has 1 aromatic heterocycles. The fourth-order valence-corrected chi connectivity index (χ4v) is 3.85. The number of nitrogens with zero attached hydrogens (tertiary/aromatic N) is 2. The van der Waals surface area contributed by atoms with Gasteiger partial charge in [-0.05, 0) is 33.1 Å². The van der Waals surface area contributed by atoms with Crippen molar-refractivity contribution in [1.82, 2.24) is 10.1 Å². The summed E-state index contributed by atoms with van der Waals surface area (Å²) in [7, 11) is -2.99. The van der Waals surface area contributed by atoms with Gasteiger partial charge in [-0.2, -0.15) is 0 Å². The quantitative estimate of drug-likeness (QED) is 0.836. The average Bonchev–Trinajstić information content (AvgIpc) is 2.75. The van der Waals surface area contributed by atoms with Crippen molar-refractivity contribution in [2.45, 2.75) is 44.8 Å². The second-order valence-electron chi connectivity index (χ2n) is 5.71. The summed E-state index contributed by atoms with van der Waals surface area (Å²) >= 11 is 0. The summed E-state index contributed by atoms with van der Waals surface area (Å²) in [6, 6.07) is 0. The van der Waals surface area contributed by atoms with Gasteiger partial charge in [-0.15, -0.1) is 0 Å². The van der Waals surface area contributed by atoms with Crippen molar-refractivity contribution >= 4 is 15.7 Å². The summed E-state index contributed by atoms with van der Waals surface area (Å²) in [5.74, 6) is 0.832. The lowest BCUT2D eigenvalue weighted by molar-refractivity contribution is -0.132. The third-order valence-corrected chi connectivity index (χ3v) is 5.85. The molecule has 21 heavy (non-hydrogen) atoms. The van der Waals surface area contributed by atoms with Crippen LogP contribution in [0.1, 0.15) is 36.3 Å². The summed E-state index contributed by atoms with van der Waals surface area (Å²) < 4.78 is 28.1. The molecule has 0 aliphatic carbocycles. The Kier molecular flexibility index (Phi) is 4.70. The van der Waals surface area contributed by atoms with Crippen LogP contribution in [0.25, 0.3) is 0 Å². The first kappa shape index (κ1) is 16.0. The molecular weight excluding hydrogens is 292 g/mol. The van der Waals surface area contributed by atoms with Crippen molar-refractivity contribution in [2.24, 2.45) is 0 Å². The Labute approximate surface area is 125 Å². The molecule has 2 rings (SSSR count). The molecule has 0 saturated carbocycles. The van der Waals surface area contributed by atoms with Gasteiger partial charge in [0.25, 0.3) is 0 Å². The van der Waals surface area contributed by atoms with Gasteiger partial charge in [-0.1, -0.05) is 5.16 Å². The van der Waals surface area contributed by atoms with E-state index < -0.39 is 9.84 Å². The largest absolute Gasteiger partial charge is 0.361 e. The molecular formula is C14H22N2O4S. The molecule has 118 valence electrons. The second kappa shape index (κ2) is 6.17. The van der Waals surface area contributed by atoms with E-state index in [0.717, 1.165) is 17.0 Å². The number of aromatic nitrogens is 1. The summed E-state index contributed by atoms with van der Waals surface area (Å²) in [6.07, 6.45) is 3.37. The Morgan fingerprint density at radius 2 is 1.95 bits per heavy atom. The highest BCUT2D eigenvalue weighted by Crippen LogP contribution is 2.19. The standard InChI is InChI=1S/C14H22N2O4S/c1-10-13(11(2)20-15-10)4-5-14(17)16-8-6-12(7-9-16)21(3,18)19/h12H,4-9H2,1-3H3. The fraction of sp³-hybridized carbons (Fsp3) is 0.714. The van der Waals surface area contributed by atoms with Gasteiger partial charge in [0.05, 0.1) is 10.9 Å². The van der Waals surface area contributed by atoms with E-state index in [-0.39, 0.29) is 11.2 Å². The Morgan fingerprint density at radius 3 is 2.43 bits per heavy atom. The van der Waals surface area contributed by atoms with Gasteiger partial charge >= 0.3 is 0 Å². The number of hydrogen-bond donors (Lipinski definition) is 0. The van der Waals surface area contributed by atoms with Crippen molar-refractivity contribution in [2.75, 3.05) is 19.3 Å². The van der Waals surface area contributed by atoms with Crippen LogP contribution in [0.5, 0.6) is 0 Å². The third-order valence-electron chi connectivity index (χ3n) is 4.17.